The molecule has 2 aliphatic rings. The van der Waals surface area contributed by atoms with Gasteiger partial charge < -0.3 is 19.9 Å². The number of hydrogen-bond acceptors (Lipinski definition) is 6. The Morgan fingerprint density at radius 3 is 2.48 bits per heavy atom. The lowest BCUT2D eigenvalue weighted by molar-refractivity contribution is -0.117. The first kappa shape index (κ1) is 29.2. The first-order chi connectivity index (χ1) is 19.9. The molecule has 1 aliphatic carbocycles. The number of ether oxygens (including phenoxy) is 1. The number of fused-ring (bicyclic) bond motifs is 1. The SMILES string of the molecule is CC(=O)N1c2ccc(-c3cnn(CCN(C)C(=O)OC(C)(C)C)c3)cc2[C@H](Nc2ccc(C#N)cc2)[C@@H](C)[C@@H]1C1CC1. The summed E-state index contributed by atoms with van der Waals surface area (Å²) in [5.74, 6) is 0.733. The third-order valence-electron chi connectivity index (χ3n) is 8.10. The maximum absolute atomic E-state index is 13.0. The summed E-state index contributed by atoms with van der Waals surface area (Å²) in [6.45, 7) is 10.4. The van der Waals surface area contributed by atoms with Crippen molar-refractivity contribution in [2.24, 2.45) is 11.8 Å². The number of aromatic nitrogens is 2. The molecule has 1 N–H and O–H groups in total. The quantitative estimate of drug-likeness (QED) is 0.363. The molecule has 9 nitrogen and oxygen atoms in total. The van der Waals surface area contributed by atoms with Gasteiger partial charge in [-0.3, -0.25) is 9.48 Å². The van der Waals surface area contributed by atoms with Crippen LogP contribution < -0.4 is 10.2 Å². The predicted molar refractivity (Wildman–Crippen MR) is 163 cm³/mol. The average Bonchev–Trinajstić information content (AvgIpc) is 3.67. The van der Waals surface area contributed by atoms with Crippen LogP contribution in [-0.4, -0.2) is 51.9 Å². The van der Waals surface area contributed by atoms with Crippen LogP contribution in [0, 0.1) is 23.2 Å². The van der Waals surface area contributed by atoms with E-state index in [1.807, 2.05) is 67.0 Å². The van der Waals surface area contributed by atoms with Crippen LogP contribution in [-0.2, 0) is 16.1 Å². The number of nitrogens with zero attached hydrogens (tertiary/aromatic N) is 5. The zero-order valence-electron chi connectivity index (χ0n) is 25.3. The summed E-state index contributed by atoms with van der Waals surface area (Å²) >= 11 is 0. The highest BCUT2D eigenvalue weighted by Gasteiger charge is 2.47. The Hall–Kier alpha value is -4.32. The van der Waals surface area contributed by atoms with Gasteiger partial charge >= 0.3 is 6.09 Å². The molecule has 42 heavy (non-hydrogen) atoms. The minimum Gasteiger partial charge on any atom is -0.444 e. The molecule has 2 heterocycles. The topological polar surface area (TPSA) is 103 Å². The van der Waals surface area contributed by atoms with Crippen molar-refractivity contribution in [3.8, 4) is 17.2 Å². The first-order valence-corrected chi connectivity index (χ1v) is 14.6. The monoisotopic (exact) mass is 568 g/mol. The number of likely N-dealkylation sites (N-methyl/N-ethyl adjacent to an activating group) is 1. The van der Waals surface area contributed by atoms with E-state index in [0.29, 0.717) is 24.6 Å². The summed E-state index contributed by atoms with van der Waals surface area (Å²) in [5.41, 5.74) is 4.99. The molecule has 3 aromatic rings. The van der Waals surface area contributed by atoms with E-state index in [1.54, 1.807) is 18.9 Å². The molecule has 1 aliphatic heterocycles. The van der Waals surface area contributed by atoms with E-state index in [0.717, 1.165) is 40.9 Å². The summed E-state index contributed by atoms with van der Waals surface area (Å²) in [6.07, 6.45) is 5.73. The number of carbonyl (C=O) groups excluding carboxylic acids is 2. The second-order valence-electron chi connectivity index (χ2n) is 12.6. The molecule has 0 unspecified atom stereocenters. The molecule has 1 saturated carbocycles. The molecule has 220 valence electrons. The highest BCUT2D eigenvalue weighted by molar-refractivity contribution is 5.94. The second-order valence-corrected chi connectivity index (χ2v) is 12.6. The Bertz CT molecular complexity index is 1500. The lowest BCUT2D eigenvalue weighted by atomic mass is 9.79. The van der Waals surface area contributed by atoms with Crippen LogP contribution in [0.2, 0.25) is 0 Å². The number of hydrogen-bond donors (Lipinski definition) is 1. The summed E-state index contributed by atoms with van der Waals surface area (Å²) in [4.78, 5) is 28.9. The van der Waals surface area contributed by atoms with Gasteiger partial charge in [-0.15, -0.1) is 0 Å². The van der Waals surface area contributed by atoms with Gasteiger partial charge in [0.15, 0.2) is 0 Å². The van der Waals surface area contributed by atoms with Crippen LogP contribution in [0.4, 0.5) is 16.2 Å². The van der Waals surface area contributed by atoms with Crippen molar-refractivity contribution in [3.05, 3.63) is 66.0 Å². The molecule has 1 fully saturated rings. The minimum absolute atomic E-state index is 0.0217. The summed E-state index contributed by atoms with van der Waals surface area (Å²) in [5, 5.41) is 17.5. The summed E-state index contributed by atoms with van der Waals surface area (Å²) in [6, 6.07) is 16.1. The van der Waals surface area contributed by atoms with E-state index in [-0.39, 0.29) is 30.0 Å². The van der Waals surface area contributed by atoms with Gasteiger partial charge in [-0.05, 0) is 87.1 Å². The predicted octanol–water partition coefficient (Wildman–Crippen LogP) is 6.22. The Morgan fingerprint density at radius 1 is 1.14 bits per heavy atom. The number of anilines is 2. The molecular weight excluding hydrogens is 528 g/mol. The van der Waals surface area contributed by atoms with Gasteiger partial charge in [-0.2, -0.15) is 10.4 Å². The molecule has 3 atom stereocenters. The van der Waals surface area contributed by atoms with Crippen molar-refractivity contribution in [3.63, 3.8) is 0 Å². The van der Waals surface area contributed by atoms with E-state index in [4.69, 9.17) is 4.74 Å². The molecule has 2 aromatic carbocycles. The molecule has 5 rings (SSSR count). The number of benzene rings is 2. The van der Waals surface area contributed by atoms with Crippen LogP contribution in [0.15, 0.2) is 54.9 Å². The summed E-state index contributed by atoms with van der Waals surface area (Å²) < 4.78 is 7.28. The van der Waals surface area contributed by atoms with Gasteiger partial charge in [-0.25, -0.2) is 4.79 Å². The number of amides is 2. The van der Waals surface area contributed by atoms with E-state index in [2.05, 4.69) is 41.6 Å². The number of rotatable bonds is 7. The van der Waals surface area contributed by atoms with Crippen molar-refractivity contribution in [2.75, 3.05) is 23.8 Å². The van der Waals surface area contributed by atoms with Crippen molar-refractivity contribution < 1.29 is 14.3 Å². The normalized spacial score (nSPS) is 19.9. The Labute approximate surface area is 248 Å². The molecule has 0 bridgehead atoms. The van der Waals surface area contributed by atoms with Gasteiger partial charge in [0.2, 0.25) is 5.91 Å². The Morgan fingerprint density at radius 2 is 1.86 bits per heavy atom. The fourth-order valence-corrected chi connectivity index (χ4v) is 5.88. The number of carbonyl (C=O) groups is 2. The summed E-state index contributed by atoms with van der Waals surface area (Å²) in [7, 11) is 1.72. The fourth-order valence-electron chi connectivity index (χ4n) is 5.88. The van der Waals surface area contributed by atoms with Crippen molar-refractivity contribution in [1.82, 2.24) is 14.7 Å². The maximum atomic E-state index is 13.0. The number of nitrogens with one attached hydrogen (secondary N) is 1. The standard InChI is InChI=1S/C33H40N6O3/c1-21-30(36-27-12-7-23(18-34)8-13-27)28-17-25(11-14-29(28)39(22(2)40)31(21)24-9-10-24)26-19-35-38(20-26)16-15-37(6)32(41)42-33(3,4)5/h7-8,11-14,17,19-21,24,30-31,36H,9-10,15-16H2,1-6H3/t21-,30-,31-/m1/s1. The van der Waals surface area contributed by atoms with Gasteiger partial charge in [-0.1, -0.05) is 13.0 Å². The largest absolute Gasteiger partial charge is 0.444 e. The van der Waals surface area contributed by atoms with Crippen LogP contribution in [0.1, 0.15) is 64.6 Å². The van der Waals surface area contributed by atoms with Crippen LogP contribution in [0.5, 0.6) is 0 Å². The van der Waals surface area contributed by atoms with Gasteiger partial charge in [0, 0.05) is 55.6 Å². The van der Waals surface area contributed by atoms with Crippen molar-refractivity contribution in [2.45, 2.75) is 71.7 Å². The Balaban J connectivity index is 1.42. The zero-order chi connectivity index (χ0) is 30.2. The molecule has 0 spiro atoms. The van der Waals surface area contributed by atoms with Crippen molar-refractivity contribution >= 4 is 23.4 Å². The molecule has 1 aromatic heterocycles. The lowest BCUT2D eigenvalue weighted by Crippen LogP contribution is -2.51. The maximum Gasteiger partial charge on any atom is 0.410 e. The van der Waals surface area contributed by atoms with Crippen molar-refractivity contribution in [1.29, 1.82) is 5.26 Å². The van der Waals surface area contributed by atoms with Gasteiger partial charge in [0.1, 0.15) is 5.60 Å². The Kier molecular flexibility index (Phi) is 8.00. The van der Waals surface area contributed by atoms with Gasteiger partial charge in [0.25, 0.3) is 0 Å². The highest BCUT2D eigenvalue weighted by Crippen LogP contribution is 2.50. The molecule has 9 heteroatoms. The van der Waals surface area contributed by atoms with Gasteiger partial charge in [0.05, 0.1) is 30.4 Å². The third kappa shape index (κ3) is 6.28. The number of nitriles is 1. The highest BCUT2D eigenvalue weighted by atomic mass is 16.6. The smallest absolute Gasteiger partial charge is 0.410 e. The van der Waals surface area contributed by atoms with E-state index in [1.165, 1.54) is 0 Å². The average molecular weight is 569 g/mol. The second kappa shape index (κ2) is 11.5. The third-order valence-corrected chi connectivity index (χ3v) is 8.10. The lowest BCUT2D eigenvalue weighted by Gasteiger charge is -2.46. The van der Waals surface area contributed by atoms with Crippen LogP contribution in [0.3, 0.4) is 0 Å². The van der Waals surface area contributed by atoms with Crippen LogP contribution in [0.25, 0.3) is 11.1 Å². The van der Waals surface area contributed by atoms with E-state index >= 15 is 0 Å². The first-order valence-electron chi connectivity index (χ1n) is 14.6. The van der Waals surface area contributed by atoms with Crippen LogP contribution >= 0.6 is 0 Å². The molecular formula is C33H40N6O3. The molecule has 2 amide bonds. The molecule has 0 radical (unpaired) electrons. The zero-order valence-corrected chi connectivity index (χ0v) is 25.3. The molecule has 0 saturated heterocycles. The fraction of sp³-hybridized carbons (Fsp3) is 0.455. The van der Waals surface area contributed by atoms with E-state index in [9.17, 15) is 14.9 Å². The minimum atomic E-state index is -0.544. The van der Waals surface area contributed by atoms with E-state index < -0.39 is 5.60 Å².